The molecule has 0 unspecified atom stereocenters. The summed E-state index contributed by atoms with van der Waals surface area (Å²) < 4.78 is 44.4. The lowest BCUT2D eigenvalue weighted by Gasteiger charge is -2.37. The smallest absolute Gasteiger partial charge is 0.278 e. The molecule has 3 aliphatic rings. The van der Waals surface area contributed by atoms with Gasteiger partial charge in [-0.15, -0.1) is 0 Å². The number of aromatic amines is 1. The van der Waals surface area contributed by atoms with E-state index in [2.05, 4.69) is 99.0 Å². The van der Waals surface area contributed by atoms with Gasteiger partial charge in [-0.05, 0) is 59.8 Å². The summed E-state index contributed by atoms with van der Waals surface area (Å²) >= 11 is 0. The fourth-order valence-corrected chi connectivity index (χ4v) is 15.8. The zero-order valence-corrected chi connectivity index (χ0v) is 38.1. The van der Waals surface area contributed by atoms with Crippen molar-refractivity contribution < 1.29 is 28.0 Å². The van der Waals surface area contributed by atoms with Gasteiger partial charge in [0.15, 0.2) is 11.2 Å². The van der Waals surface area contributed by atoms with Crippen LogP contribution in [0.5, 0.6) is 11.5 Å². The highest BCUT2D eigenvalue weighted by Gasteiger charge is 2.52. The first-order valence-electron chi connectivity index (χ1n) is 21.9. The van der Waals surface area contributed by atoms with Crippen LogP contribution in [0.25, 0.3) is 11.2 Å². The van der Waals surface area contributed by atoms with E-state index in [-0.39, 0.29) is 29.8 Å². The molecule has 3 fully saturated rings. The Hall–Kier alpha value is -5.50. The molecule has 5 aromatic carbocycles. The quantitative estimate of drug-likeness (QED) is 0.0620. The van der Waals surface area contributed by atoms with Crippen LogP contribution < -0.4 is 25.4 Å². The van der Waals surface area contributed by atoms with Crippen LogP contribution in [0.15, 0.2) is 157 Å². The minimum absolute atomic E-state index is 0.00269. The molecule has 5 heterocycles. The minimum Gasteiger partial charge on any atom is -0.497 e. The van der Waals surface area contributed by atoms with Crippen LogP contribution in [-0.4, -0.2) is 84.0 Å². The lowest BCUT2D eigenvalue weighted by molar-refractivity contribution is -0.0906. The molecule has 6 atom stereocenters. The van der Waals surface area contributed by atoms with Gasteiger partial charge >= 0.3 is 0 Å². The summed E-state index contributed by atoms with van der Waals surface area (Å²) in [6.07, 6.45) is 4.10. The summed E-state index contributed by atoms with van der Waals surface area (Å²) in [7, 11) is -0.363. The van der Waals surface area contributed by atoms with E-state index < -0.39 is 40.6 Å². The topological polar surface area (TPSA) is 122 Å². The van der Waals surface area contributed by atoms with E-state index in [1.807, 2.05) is 71.3 Å². The predicted octanol–water partition coefficient (Wildman–Crippen LogP) is 7.80. The zero-order chi connectivity index (χ0) is 43.7. The van der Waals surface area contributed by atoms with E-state index in [4.69, 9.17) is 28.0 Å². The third kappa shape index (κ3) is 7.89. The van der Waals surface area contributed by atoms with Gasteiger partial charge in [-0.25, -0.2) is 14.6 Å². The molecule has 0 amide bonds. The Labute approximate surface area is 375 Å². The average molecular weight is 894 g/mol. The molecule has 7 aromatic rings. The van der Waals surface area contributed by atoms with Gasteiger partial charge in [0.25, 0.3) is 14.1 Å². The lowest BCUT2D eigenvalue weighted by Crippen LogP contribution is -2.58. The van der Waals surface area contributed by atoms with Crippen molar-refractivity contribution in [3.8, 4) is 11.5 Å². The molecule has 12 nitrogen and oxygen atoms in total. The van der Waals surface area contributed by atoms with E-state index in [1.165, 1.54) is 16.7 Å². The highest BCUT2D eigenvalue weighted by Crippen LogP contribution is 2.59. The van der Waals surface area contributed by atoms with Gasteiger partial charge in [0.05, 0.1) is 45.7 Å². The Bertz CT molecular complexity index is 2620. The molecule has 64 heavy (non-hydrogen) atoms. The third-order valence-electron chi connectivity index (χ3n) is 13.3. The van der Waals surface area contributed by atoms with Gasteiger partial charge in [-0.3, -0.25) is 9.36 Å². The molecular weight excluding hydrogens is 842 g/mol. The highest BCUT2D eigenvalue weighted by molar-refractivity contribution is 7.45. The number of aromatic nitrogens is 4. The van der Waals surface area contributed by atoms with Crippen molar-refractivity contribution in [1.29, 1.82) is 0 Å². The summed E-state index contributed by atoms with van der Waals surface area (Å²) in [6, 6.07) is 49.4. The molecule has 328 valence electrons. The molecule has 0 spiro atoms. The molecule has 0 radical (unpaired) electrons. The fraction of sp³-hybridized carbons (Fsp3) is 0.300. The largest absolute Gasteiger partial charge is 0.497 e. The molecular formula is C50H52N5O7PSi. The fourth-order valence-electron chi connectivity index (χ4n) is 9.88. The molecule has 1 N–H and O–H groups in total. The number of benzene rings is 5. The monoisotopic (exact) mass is 893 g/mol. The Morgan fingerprint density at radius 3 is 1.98 bits per heavy atom. The number of methoxy groups -OCH3 is 2. The first kappa shape index (κ1) is 42.4. The summed E-state index contributed by atoms with van der Waals surface area (Å²) in [5.74, 6) is 1.48. The number of H-pyrrole nitrogens is 1. The summed E-state index contributed by atoms with van der Waals surface area (Å²) in [4.78, 5) is 24.4. The van der Waals surface area contributed by atoms with Crippen molar-refractivity contribution in [2.75, 3.05) is 27.4 Å². The maximum atomic E-state index is 12.8. The van der Waals surface area contributed by atoms with Crippen LogP contribution in [0.4, 0.5) is 0 Å². The maximum Gasteiger partial charge on any atom is 0.278 e. The first-order chi connectivity index (χ1) is 31.4. The van der Waals surface area contributed by atoms with Crippen LogP contribution >= 0.6 is 8.53 Å². The number of nitrogens with zero attached hydrogens (tertiary/aromatic N) is 4. The average Bonchev–Trinajstić information content (AvgIpc) is 4.17. The molecule has 2 aromatic heterocycles. The van der Waals surface area contributed by atoms with Gasteiger partial charge in [0.2, 0.25) is 0 Å². The molecule has 0 bridgehead atoms. The molecule has 3 saturated heterocycles. The Morgan fingerprint density at radius 1 is 0.781 bits per heavy atom. The number of ether oxygens (including phenoxy) is 4. The van der Waals surface area contributed by atoms with Crippen molar-refractivity contribution in [3.05, 3.63) is 179 Å². The minimum atomic E-state index is -2.24. The second-order valence-electron chi connectivity index (χ2n) is 16.9. The lowest BCUT2D eigenvalue weighted by atomic mass is 9.80. The standard InChI is InChI=1S/C50H52N5O7PSi/c1-57-38-25-21-36(22-26-38)50(35-14-7-4-8-15-35,37-23-27-39(58-2)28-24-37)59-31-44-43(30-46(60-44)54-34-53-47-48(54)51-33-52-49(47)56)61-63-55-29-13-20-42(55)45(62-63)32-64(3,40-16-9-5-10-17-40)41-18-11-6-12-19-41/h4-12,14-19,21-28,33-34,42-46H,13,20,29-32H2,1-3H3,(H,51,52,56)/t42-,43-,44+,45+,46+,63+/m0/s1. The van der Waals surface area contributed by atoms with Crippen molar-refractivity contribution in [2.45, 2.75) is 68.0 Å². The van der Waals surface area contributed by atoms with E-state index in [1.54, 1.807) is 20.5 Å². The van der Waals surface area contributed by atoms with Crippen molar-refractivity contribution in [2.24, 2.45) is 0 Å². The van der Waals surface area contributed by atoms with Crippen LogP contribution in [0.2, 0.25) is 12.6 Å². The molecule has 0 aliphatic carbocycles. The SMILES string of the molecule is COc1ccc(C(OC[C@H]2O[C@@H](n3cnc4c(=O)[nH]cnc43)C[C@@H]2O[P@]2O[C@H](C[Si](C)(c3ccccc3)c3ccccc3)[C@@H]3CCCN32)(c2ccccc2)c2ccc(OC)cc2)cc1. The van der Waals surface area contributed by atoms with Gasteiger partial charge in [-0.1, -0.05) is 132 Å². The van der Waals surface area contributed by atoms with E-state index in [9.17, 15) is 4.79 Å². The van der Waals surface area contributed by atoms with Gasteiger partial charge in [0, 0.05) is 19.0 Å². The first-order valence-corrected chi connectivity index (χ1v) is 25.8. The van der Waals surface area contributed by atoms with Gasteiger partial charge in [0.1, 0.15) is 37.5 Å². The summed E-state index contributed by atoms with van der Waals surface area (Å²) in [6.45, 7) is 3.53. The number of rotatable bonds is 15. The summed E-state index contributed by atoms with van der Waals surface area (Å²) in [5, 5.41) is 2.79. The normalized spacial score (nSPS) is 22.5. The summed E-state index contributed by atoms with van der Waals surface area (Å²) in [5.41, 5.74) is 2.07. The number of nitrogens with one attached hydrogen (secondary N) is 1. The second kappa shape index (κ2) is 18.2. The number of hydrogen-bond acceptors (Lipinski definition) is 10. The van der Waals surface area contributed by atoms with Crippen LogP contribution in [-0.2, 0) is 24.1 Å². The molecule has 14 heteroatoms. The molecule has 3 aliphatic heterocycles. The second-order valence-corrected chi connectivity index (χ2v) is 22.5. The number of hydrogen-bond donors (Lipinski definition) is 1. The number of imidazole rings is 1. The van der Waals surface area contributed by atoms with E-state index >= 15 is 0 Å². The predicted molar refractivity (Wildman–Crippen MR) is 250 cm³/mol. The number of fused-ring (bicyclic) bond motifs is 2. The van der Waals surface area contributed by atoms with Crippen molar-refractivity contribution >= 4 is 38.1 Å². The zero-order valence-electron chi connectivity index (χ0n) is 36.2. The molecule has 10 rings (SSSR count). The van der Waals surface area contributed by atoms with Gasteiger partial charge in [-0.2, -0.15) is 0 Å². The van der Waals surface area contributed by atoms with Crippen molar-refractivity contribution in [1.82, 2.24) is 24.2 Å². The Kier molecular flexibility index (Phi) is 12.1. The van der Waals surface area contributed by atoms with E-state index in [0.717, 1.165) is 53.6 Å². The molecule has 0 saturated carbocycles. The van der Waals surface area contributed by atoms with Crippen LogP contribution in [0, 0.1) is 0 Å². The van der Waals surface area contributed by atoms with Crippen molar-refractivity contribution in [3.63, 3.8) is 0 Å². The Morgan fingerprint density at radius 2 is 1.38 bits per heavy atom. The maximum absolute atomic E-state index is 12.8. The Balaban J connectivity index is 1.00. The van der Waals surface area contributed by atoms with Crippen LogP contribution in [0.1, 0.15) is 42.2 Å². The third-order valence-corrected chi connectivity index (χ3v) is 19.5. The van der Waals surface area contributed by atoms with Crippen LogP contribution in [0.3, 0.4) is 0 Å². The van der Waals surface area contributed by atoms with Gasteiger partial charge < -0.3 is 33.0 Å². The van der Waals surface area contributed by atoms with E-state index in [0.29, 0.717) is 12.1 Å². The highest BCUT2D eigenvalue weighted by atomic mass is 31.2.